The fourth-order valence-corrected chi connectivity index (χ4v) is 3.36. The smallest absolute Gasteiger partial charge is 0.253 e. The predicted molar refractivity (Wildman–Crippen MR) is 118 cm³/mol. The lowest BCUT2D eigenvalue weighted by atomic mass is 10.1. The summed E-state index contributed by atoms with van der Waals surface area (Å²) in [5, 5.41) is 6.66. The van der Waals surface area contributed by atoms with Gasteiger partial charge in [-0.15, -0.1) is 0 Å². The first-order valence-corrected chi connectivity index (χ1v) is 9.99. The third-order valence-corrected chi connectivity index (χ3v) is 5.16. The molecule has 1 heterocycles. The lowest BCUT2D eigenvalue weighted by Gasteiger charge is -2.22. The van der Waals surface area contributed by atoms with E-state index < -0.39 is 0 Å². The fourth-order valence-electron chi connectivity index (χ4n) is 3.06. The summed E-state index contributed by atoms with van der Waals surface area (Å²) in [6.45, 7) is 2.32. The van der Waals surface area contributed by atoms with Gasteiger partial charge in [-0.2, -0.15) is 0 Å². The summed E-state index contributed by atoms with van der Waals surface area (Å²) in [6.07, 6.45) is 1.55. The summed E-state index contributed by atoms with van der Waals surface area (Å²) in [5.74, 6) is 0.210. The molecule has 0 aliphatic heterocycles. The van der Waals surface area contributed by atoms with Gasteiger partial charge in [0.2, 0.25) is 5.91 Å². The Balaban J connectivity index is 1.64. The lowest BCUT2D eigenvalue weighted by Crippen LogP contribution is -2.37. The molecule has 1 atom stereocenters. The van der Waals surface area contributed by atoms with Gasteiger partial charge >= 0.3 is 0 Å². The normalized spacial score (nSPS) is 11.7. The number of carbonyl (C=O) groups excluding carboxylic acids is 2. The highest BCUT2D eigenvalue weighted by Gasteiger charge is 2.19. The Hall–Kier alpha value is -3.09. The maximum absolute atomic E-state index is 12.8. The molecule has 0 saturated heterocycles. The first-order chi connectivity index (χ1) is 14.5. The average Bonchev–Trinajstić information content (AvgIpc) is 3.29. The standard InChI is InChI=1S/C23H24ClN3O3/c1-16(18-9-3-5-11-20(18)24)25-15-22(28)27(2)21-12-6-4-10-19(21)23(29)26-14-17-8-7-13-30-17/h3-13,16,25H,14-15H2,1-2H3,(H,26,29). The maximum atomic E-state index is 12.8. The fraction of sp³-hybridized carbons (Fsp3) is 0.217. The summed E-state index contributed by atoms with van der Waals surface area (Å²) in [5.41, 5.74) is 1.87. The number of nitrogens with one attached hydrogen (secondary N) is 2. The van der Waals surface area contributed by atoms with Crippen LogP contribution in [0.4, 0.5) is 5.69 Å². The molecule has 0 aliphatic rings. The molecule has 6 nitrogen and oxygen atoms in total. The van der Waals surface area contributed by atoms with Crippen molar-refractivity contribution < 1.29 is 14.0 Å². The SMILES string of the molecule is CC(NCC(=O)N(C)c1ccccc1C(=O)NCc1ccco1)c1ccccc1Cl. The number of hydrogen-bond donors (Lipinski definition) is 2. The van der Waals surface area contributed by atoms with Crippen molar-refractivity contribution >= 4 is 29.1 Å². The molecule has 3 aromatic rings. The Labute approximate surface area is 180 Å². The molecule has 2 N–H and O–H groups in total. The van der Waals surface area contributed by atoms with Gasteiger partial charge in [0.1, 0.15) is 5.76 Å². The highest BCUT2D eigenvalue weighted by molar-refractivity contribution is 6.31. The topological polar surface area (TPSA) is 74.6 Å². The van der Waals surface area contributed by atoms with Gasteiger partial charge < -0.3 is 20.0 Å². The van der Waals surface area contributed by atoms with E-state index in [1.807, 2.05) is 31.2 Å². The monoisotopic (exact) mass is 425 g/mol. The van der Waals surface area contributed by atoms with Crippen LogP contribution in [-0.4, -0.2) is 25.4 Å². The molecule has 156 valence electrons. The molecule has 2 amide bonds. The molecular weight excluding hydrogens is 402 g/mol. The zero-order valence-corrected chi connectivity index (χ0v) is 17.6. The lowest BCUT2D eigenvalue weighted by molar-refractivity contribution is -0.117. The third-order valence-electron chi connectivity index (χ3n) is 4.82. The molecule has 7 heteroatoms. The van der Waals surface area contributed by atoms with Gasteiger partial charge in [-0.1, -0.05) is 41.9 Å². The quantitative estimate of drug-likeness (QED) is 0.567. The maximum Gasteiger partial charge on any atom is 0.253 e. The highest BCUT2D eigenvalue weighted by Crippen LogP contribution is 2.23. The summed E-state index contributed by atoms with van der Waals surface area (Å²) < 4.78 is 5.24. The number of halogens is 1. The van der Waals surface area contributed by atoms with E-state index in [4.69, 9.17) is 16.0 Å². The van der Waals surface area contributed by atoms with Crippen LogP contribution in [0.1, 0.15) is 34.6 Å². The van der Waals surface area contributed by atoms with Crippen LogP contribution < -0.4 is 15.5 Å². The van der Waals surface area contributed by atoms with Crippen LogP contribution >= 0.6 is 11.6 Å². The second-order valence-electron chi connectivity index (χ2n) is 6.86. The second kappa shape index (κ2) is 10.1. The summed E-state index contributed by atoms with van der Waals surface area (Å²) in [6, 6.07) is 18.0. The van der Waals surface area contributed by atoms with E-state index >= 15 is 0 Å². The van der Waals surface area contributed by atoms with E-state index in [2.05, 4.69) is 10.6 Å². The van der Waals surface area contributed by atoms with Gasteiger partial charge in [0.15, 0.2) is 0 Å². The Morgan fingerprint density at radius 3 is 2.53 bits per heavy atom. The van der Waals surface area contributed by atoms with E-state index in [0.29, 0.717) is 22.0 Å². The van der Waals surface area contributed by atoms with Crippen LogP contribution in [0.25, 0.3) is 0 Å². The van der Waals surface area contributed by atoms with Crippen molar-refractivity contribution in [3.8, 4) is 0 Å². The minimum Gasteiger partial charge on any atom is -0.467 e. The van der Waals surface area contributed by atoms with Gasteiger partial charge in [-0.05, 0) is 42.8 Å². The summed E-state index contributed by atoms with van der Waals surface area (Å²) in [7, 11) is 1.66. The Kier molecular flexibility index (Phi) is 7.27. The van der Waals surface area contributed by atoms with Gasteiger partial charge in [-0.25, -0.2) is 0 Å². The molecule has 2 aromatic carbocycles. The molecule has 0 saturated carbocycles. The predicted octanol–water partition coefficient (Wildman–Crippen LogP) is 4.18. The Bertz CT molecular complexity index is 1000. The first kappa shape index (κ1) is 21.6. The van der Waals surface area contributed by atoms with Crippen molar-refractivity contribution in [3.63, 3.8) is 0 Å². The minimum atomic E-state index is -0.279. The molecule has 0 fully saturated rings. The van der Waals surface area contributed by atoms with E-state index in [1.165, 1.54) is 4.90 Å². The number of amides is 2. The molecule has 1 aromatic heterocycles. The number of carbonyl (C=O) groups is 2. The van der Waals surface area contributed by atoms with E-state index in [0.717, 1.165) is 5.56 Å². The molecule has 0 bridgehead atoms. The van der Waals surface area contributed by atoms with Crippen LogP contribution in [0.3, 0.4) is 0 Å². The van der Waals surface area contributed by atoms with Crippen LogP contribution in [0.5, 0.6) is 0 Å². The Morgan fingerprint density at radius 2 is 1.80 bits per heavy atom. The number of furan rings is 1. The molecule has 30 heavy (non-hydrogen) atoms. The molecule has 3 rings (SSSR count). The van der Waals surface area contributed by atoms with Crippen molar-refractivity contribution in [2.75, 3.05) is 18.5 Å². The van der Waals surface area contributed by atoms with Crippen molar-refractivity contribution in [1.29, 1.82) is 0 Å². The number of para-hydroxylation sites is 1. The molecule has 1 unspecified atom stereocenters. The zero-order chi connectivity index (χ0) is 21.5. The molecular formula is C23H24ClN3O3. The summed E-state index contributed by atoms with van der Waals surface area (Å²) in [4.78, 5) is 26.9. The Morgan fingerprint density at radius 1 is 1.07 bits per heavy atom. The van der Waals surface area contributed by atoms with Crippen molar-refractivity contribution in [2.45, 2.75) is 19.5 Å². The number of benzene rings is 2. The molecule has 0 spiro atoms. The van der Waals surface area contributed by atoms with Crippen molar-refractivity contribution in [1.82, 2.24) is 10.6 Å². The van der Waals surface area contributed by atoms with Crippen LogP contribution in [0.15, 0.2) is 71.3 Å². The largest absolute Gasteiger partial charge is 0.467 e. The van der Waals surface area contributed by atoms with Gasteiger partial charge in [-0.3, -0.25) is 9.59 Å². The number of likely N-dealkylation sites (N-methyl/N-ethyl adjacent to an activating group) is 1. The van der Waals surface area contributed by atoms with E-state index in [1.54, 1.807) is 49.7 Å². The summed E-state index contributed by atoms with van der Waals surface area (Å²) >= 11 is 6.23. The molecule has 0 radical (unpaired) electrons. The van der Waals surface area contributed by atoms with E-state index in [9.17, 15) is 9.59 Å². The van der Waals surface area contributed by atoms with E-state index in [-0.39, 0.29) is 30.9 Å². The number of hydrogen-bond acceptors (Lipinski definition) is 4. The third kappa shape index (κ3) is 5.28. The number of nitrogens with zero attached hydrogens (tertiary/aromatic N) is 1. The van der Waals surface area contributed by atoms with Crippen molar-refractivity contribution in [3.05, 3.63) is 88.8 Å². The van der Waals surface area contributed by atoms with Crippen LogP contribution in [0.2, 0.25) is 5.02 Å². The molecule has 0 aliphatic carbocycles. The first-order valence-electron chi connectivity index (χ1n) is 9.61. The van der Waals surface area contributed by atoms with Gasteiger partial charge in [0, 0.05) is 18.1 Å². The number of rotatable bonds is 8. The van der Waals surface area contributed by atoms with Crippen molar-refractivity contribution in [2.24, 2.45) is 0 Å². The average molecular weight is 426 g/mol. The van der Waals surface area contributed by atoms with Crippen LogP contribution in [0, 0.1) is 0 Å². The van der Waals surface area contributed by atoms with Gasteiger partial charge in [0.05, 0.1) is 30.6 Å². The van der Waals surface area contributed by atoms with Gasteiger partial charge in [0.25, 0.3) is 5.91 Å². The second-order valence-corrected chi connectivity index (χ2v) is 7.26. The zero-order valence-electron chi connectivity index (χ0n) is 16.9. The minimum absolute atomic E-state index is 0.0945. The number of anilines is 1. The van der Waals surface area contributed by atoms with Crippen LogP contribution in [-0.2, 0) is 11.3 Å². The highest BCUT2D eigenvalue weighted by atomic mass is 35.5.